The van der Waals surface area contributed by atoms with Gasteiger partial charge in [-0.25, -0.2) is 0 Å². The molecule has 3 aromatic carbocycles. The first-order valence-electron chi connectivity index (χ1n) is 10.2. The second kappa shape index (κ2) is 11.5. The zero-order valence-corrected chi connectivity index (χ0v) is 23.0. The number of aryl methyl sites for hydroxylation is 2. The van der Waals surface area contributed by atoms with Gasteiger partial charge >= 0.3 is 30.4 Å². The fourth-order valence-electron chi connectivity index (χ4n) is 3.12. The molecular formula is C24H24Cl3IO3S+. The van der Waals surface area contributed by atoms with Crippen LogP contribution in [0.15, 0.2) is 65.6 Å². The van der Waals surface area contributed by atoms with Crippen LogP contribution in [0.3, 0.4) is 0 Å². The smallest absolute Gasteiger partial charge is 0.190 e. The highest BCUT2D eigenvalue weighted by Gasteiger charge is 2.38. The van der Waals surface area contributed by atoms with Crippen LogP contribution in [0.2, 0.25) is 15.1 Å². The molecule has 0 aliphatic carbocycles. The summed E-state index contributed by atoms with van der Waals surface area (Å²) in [6.45, 7) is 4.25. The van der Waals surface area contributed by atoms with Crippen LogP contribution in [-0.4, -0.2) is 8.42 Å². The molecular weight excluding hydrogens is 602 g/mol. The molecule has 0 N–H and O–H groups in total. The first-order valence-corrected chi connectivity index (χ1v) is 15.8. The molecule has 0 saturated carbocycles. The zero-order chi connectivity index (χ0) is 23.3. The van der Waals surface area contributed by atoms with Crippen LogP contribution in [-0.2, 0) is 25.5 Å². The van der Waals surface area contributed by atoms with E-state index in [1.54, 1.807) is 0 Å². The van der Waals surface area contributed by atoms with E-state index < -0.39 is 30.4 Å². The summed E-state index contributed by atoms with van der Waals surface area (Å²) in [5.41, 5.74) is 2.42. The number of hydrogen-bond donors (Lipinski definition) is 0. The summed E-state index contributed by atoms with van der Waals surface area (Å²) in [5, 5.41) is 0.266. The molecule has 0 bridgehead atoms. The molecule has 3 nitrogen and oxygen atoms in total. The Morgan fingerprint density at radius 3 is 1.59 bits per heavy atom. The van der Waals surface area contributed by atoms with Crippen LogP contribution in [0.5, 0.6) is 0 Å². The van der Waals surface area contributed by atoms with Gasteiger partial charge in [0.1, 0.15) is 4.90 Å². The average Bonchev–Trinajstić information content (AvgIpc) is 2.76. The van der Waals surface area contributed by atoms with Gasteiger partial charge in [-0.1, -0.05) is 85.8 Å². The molecule has 0 fully saturated rings. The third-order valence-electron chi connectivity index (χ3n) is 4.69. The number of halogens is 4. The number of rotatable bonds is 9. The SMILES string of the molecule is CCCc1ccc([I+](OS(=O)(=O)c2cc(Cl)c(Cl)cc2Cl)c2ccc(CCC)cc2)cc1. The minimum Gasteiger partial charge on any atom is -0.190 e. The van der Waals surface area contributed by atoms with Gasteiger partial charge in [0.2, 0.25) is 0 Å². The van der Waals surface area contributed by atoms with Gasteiger partial charge in [-0.05, 0) is 62.9 Å². The van der Waals surface area contributed by atoms with Crippen LogP contribution < -0.4 is 20.2 Å². The van der Waals surface area contributed by atoms with Crippen molar-refractivity contribution in [3.05, 3.63) is 94.0 Å². The Kier molecular flexibility index (Phi) is 9.30. The predicted octanol–water partition coefficient (Wildman–Crippen LogP) is 4.54. The third kappa shape index (κ3) is 6.39. The molecule has 0 spiro atoms. The summed E-state index contributed by atoms with van der Waals surface area (Å²) in [6, 6.07) is 18.6. The van der Waals surface area contributed by atoms with Crippen molar-refractivity contribution in [3.8, 4) is 0 Å². The topological polar surface area (TPSA) is 43.4 Å². The van der Waals surface area contributed by atoms with Gasteiger partial charge in [0, 0.05) is 0 Å². The lowest BCUT2D eigenvalue weighted by atomic mass is 10.1. The highest BCUT2D eigenvalue weighted by molar-refractivity contribution is 7.86. The fourth-order valence-corrected chi connectivity index (χ4v) is 10.9. The lowest BCUT2D eigenvalue weighted by Gasteiger charge is -2.09. The van der Waals surface area contributed by atoms with E-state index in [2.05, 4.69) is 13.8 Å². The van der Waals surface area contributed by atoms with E-state index in [1.807, 2.05) is 48.5 Å². The minimum absolute atomic E-state index is 0.0215. The minimum atomic E-state index is -4.17. The van der Waals surface area contributed by atoms with Crippen LogP contribution in [0, 0.1) is 7.14 Å². The zero-order valence-electron chi connectivity index (χ0n) is 17.7. The van der Waals surface area contributed by atoms with Gasteiger partial charge in [0.15, 0.2) is 7.14 Å². The first kappa shape index (κ1) is 25.8. The van der Waals surface area contributed by atoms with Gasteiger partial charge < -0.3 is 0 Å². The van der Waals surface area contributed by atoms with Crippen molar-refractivity contribution < 1.29 is 31.2 Å². The monoisotopic (exact) mass is 624 g/mol. The molecule has 171 valence electrons. The molecule has 0 aliphatic rings. The molecule has 3 aromatic rings. The van der Waals surface area contributed by atoms with Crippen LogP contribution >= 0.6 is 34.8 Å². The van der Waals surface area contributed by atoms with Crippen molar-refractivity contribution in [3.63, 3.8) is 0 Å². The number of hydrogen-bond acceptors (Lipinski definition) is 3. The number of benzene rings is 3. The molecule has 8 heteroatoms. The summed E-state index contributed by atoms with van der Waals surface area (Å²) >= 11 is 15.4. The van der Waals surface area contributed by atoms with E-state index in [9.17, 15) is 8.42 Å². The van der Waals surface area contributed by atoms with E-state index in [0.29, 0.717) is 0 Å². The molecule has 0 amide bonds. The van der Waals surface area contributed by atoms with E-state index in [4.69, 9.17) is 37.3 Å². The summed E-state index contributed by atoms with van der Waals surface area (Å²) in [6.07, 6.45) is 4.03. The van der Waals surface area contributed by atoms with Crippen molar-refractivity contribution in [1.82, 2.24) is 0 Å². The highest BCUT2D eigenvalue weighted by Crippen LogP contribution is 2.31. The fraction of sp³-hybridized carbons (Fsp3) is 0.250. The van der Waals surface area contributed by atoms with Gasteiger partial charge in [0.25, 0.3) is 0 Å². The van der Waals surface area contributed by atoms with E-state index in [-0.39, 0.29) is 20.0 Å². The van der Waals surface area contributed by atoms with Crippen molar-refractivity contribution in [1.29, 1.82) is 0 Å². The standard InChI is InChI=1S/C24H24Cl3IO3S/c1-3-5-17-7-11-19(12-8-17)28(20-13-9-18(6-4-2)10-14-20)31-32(29,30)24-16-22(26)21(25)15-23(24)27/h7-16H,3-6H2,1-2H3/q+1. The van der Waals surface area contributed by atoms with Crippen LogP contribution in [0.4, 0.5) is 0 Å². The highest BCUT2D eigenvalue weighted by atomic mass is 127. The summed E-state index contributed by atoms with van der Waals surface area (Å²) in [4.78, 5) is -0.180. The Bertz CT molecular complexity index is 1110. The van der Waals surface area contributed by atoms with Gasteiger partial charge in [-0.15, -0.1) is 0 Å². The maximum atomic E-state index is 13.2. The molecule has 32 heavy (non-hydrogen) atoms. The van der Waals surface area contributed by atoms with Crippen LogP contribution in [0.25, 0.3) is 0 Å². The molecule has 0 aromatic heterocycles. The lowest BCUT2D eigenvalue weighted by molar-refractivity contribution is -1.03. The second-order valence-corrected chi connectivity index (χ2v) is 14.9. The average molecular weight is 626 g/mol. The molecule has 0 atom stereocenters. The summed E-state index contributed by atoms with van der Waals surface area (Å²) < 4.78 is 34.2. The Morgan fingerprint density at radius 2 is 1.16 bits per heavy atom. The van der Waals surface area contributed by atoms with Gasteiger partial charge in [0.05, 0.1) is 15.1 Å². The molecule has 0 heterocycles. The van der Waals surface area contributed by atoms with Crippen molar-refractivity contribution in [2.45, 2.75) is 44.4 Å². The summed E-state index contributed by atoms with van der Waals surface area (Å²) in [5.74, 6) is 0. The Balaban J connectivity index is 2.03. The van der Waals surface area contributed by atoms with Gasteiger partial charge in [-0.2, -0.15) is 8.42 Å². The largest absolute Gasteiger partial charge is 0.337 e. The third-order valence-corrected chi connectivity index (χ3v) is 13.2. The quantitative estimate of drug-likeness (QED) is 0.259. The Morgan fingerprint density at radius 1 is 0.719 bits per heavy atom. The van der Waals surface area contributed by atoms with Crippen molar-refractivity contribution in [2.75, 3.05) is 0 Å². The molecule has 0 saturated heterocycles. The molecule has 0 unspecified atom stereocenters. The molecule has 0 aliphatic heterocycles. The molecule has 1 radical (unpaired) electrons. The van der Waals surface area contributed by atoms with Crippen molar-refractivity contribution >= 4 is 44.9 Å². The first-order chi connectivity index (χ1) is 15.2. The maximum Gasteiger partial charge on any atom is 0.337 e. The summed E-state index contributed by atoms with van der Waals surface area (Å²) in [7, 11) is -4.17. The Labute approximate surface area is 213 Å². The van der Waals surface area contributed by atoms with E-state index in [1.165, 1.54) is 23.3 Å². The second-order valence-electron chi connectivity index (χ2n) is 7.22. The maximum absolute atomic E-state index is 13.2. The van der Waals surface area contributed by atoms with E-state index >= 15 is 0 Å². The predicted molar refractivity (Wildman–Crippen MR) is 128 cm³/mol. The normalized spacial score (nSPS) is 11.8. The molecule has 3 rings (SSSR count). The van der Waals surface area contributed by atoms with Crippen LogP contribution in [0.1, 0.15) is 37.8 Å². The van der Waals surface area contributed by atoms with Gasteiger partial charge in [-0.3, -0.25) is 0 Å². The van der Waals surface area contributed by atoms with E-state index in [0.717, 1.165) is 32.8 Å². The van der Waals surface area contributed by atoms with Crippen molar-refractivity contribution in [2.24, 2.45) is 0 Å². The Hall–Kier alpha value is -0.830. The lowest BCUT2D eigenvalue weighted by Crippen LogP contribution is -3.85.